The van der Waals surface area contributed by atoms with E-state index in [4.69, 9.17) is 11.6 Å². The molecule has 0 saturated carbocycles. The van der Waals surface area contributed by atoms with Crippen LogP contribution in [0.2, 0.25) is 0 Å². The van der Waals surface area contributed by atoms with Crippen LogP contribution in [0.1, 0.15) is 6.92 Å². The Labute approximate surface area is 71.5 Å². The third-order valence-corrected chi connectivity index (χ3v) is 1.46. The standard InChI is InChI=1S/C5H4ClF3OS/c1-2(10)3(7)5(8,9)4(6)11/h3H,1H3. The molecular weight excluding hydrogens is 201 g/mol. The van der Waals surface area contributed by atoms with E-state index >= 15 is 0 Å². The highest BCUT2D eigenvalue weighted by atomic mass is 35.5. The Kier molecular flexibility index (Phi) is 3.44. The molecule has 0 bridgehead atoms. The molecule has 0 N–H and O–H groups in total. The largest absolute Gasteiger partial charge is 0.330 e. The molecule has 0 aliphatic carbocycles. The first-order chi connectivity index (χ1) is 4.80. The molecule has 0 amide bonds. The van der Waals surface area contributed by atoms with Crippen LogP contribution in [0, 0.1) is 0 Å². The molecule has 0 aromatic rings. The van der Waals surface area contributed by atoms with Crippen molar-refractivity contribution in [3.05, 3.63) is 0 Å². The normalized spacial score (nSPS) is 14.3. The van der Waals surface area contributed by atoms with Gasteiger partial charge in [-0.05, 0) is 6.92 Å². The Morgan fingerprint density at radius 1 is 1.64 bits per heavy atom. The molecule has 0 aromatic carbocycles. The second kappa shape index (κ2) is 3.49. The maximum atomic E-state index is 12.3. The van der Waals surface area contributed by atoms with E-state index in [-0.39, 0.29) is 0 Å². The highest BCUT2D eigenvalue weighted by Crippen LogP contribution is 2.26. The summed E-state index contributed by atoms with van der Waals surface area (Å²) >= 11 is 8.55. The number of halogens is 4. The third kappa shape index (κ3) is 2.41. The molecule has 64 valence electrons. The fourth-order valence-electron chi connectivity index (χ4n) is 0.355. The van der Waals surface area contributed by atoms with Crippen LogP contribution in [0.15, 0.2) is 0 Å². The van der Waals surface area contributed by atoms with E-state index in [9.17, 15) is 18.0 Å². The van der Waals surface area contributed by atoms with E-state index in [1.807, 2.05) is 0 Å². The number of Topliss-reactive ketones (excluding diaryl/α,β-unsaturated/α-hetero) is 1. The summed E-state index contributed by atoms with van der Waals surface area (Å²) in [5.74, 6) is -5.33. The number of hydrogen-bond acceptors (Lipinski definition) is 2. The van der Waals surface area contributed by atoms with Crippen LogP contribution in [0.5, 0.6) is 0 Å². The predicted molar refractivity (Wildman–Crippen MR) is 39.0 cm³/mol. The van der Waals surface area contributed by atoms with Crippen molar-refractivity contribution in [2.45, 2.75) is 19.0 Å². The van der Waals surface area contributed by atoms with Crippen LogP contribution < -0.4 is 0 Å². The van der Waals surface area contributed by atoms with Crippen molar-refractivity contribution in [1.29, 1.82) is 0 Å². The van der Waals surface area contributed by atoms with Crippen LogP contribution in [0.25, 0.3) is 0 Å². The van der Waals surface area contributed by atoms with E-state index in [2.05, 4.69) is 12.2 Å². The lowest BCUT2D eigenvalue weighted by molar-refractivity contribution is -0.130. The monoisotopic (exact) mass is 204 g/mol. The first-order valence-corrected chi connectivity index (χ1v) is 3.31. The molecule has 0 fully saturated rings. The van der Waals surface area contributed by atoms with E-state index in [0.29, 0.717) is 6.92 Å². The van der Waals surface area contributed by atoms with Gasteiger partial charge in [-0.3, -0.25) is 4.79 Å². The molecule has 1 nitrogen and oxygen atoms in total. The molecule has 0 rings (SSSR count). The maximum absolute atomic E-state index is 12.3. The number of ketones is 1. The minimum atomic E-state index is -4.04. The zero-order chi connectivity index (χ0) is 9.23. The smallest absolute Gasteiger partial charge is 0.296 e. The molecule has 0 aromatic heterocycles. The van der Waals surface area contributed by atoms with Crippen LogP contribution >= 0.6 is 23.8 Å². The Hall–Kier alpha value is -0.160. The minimum Gasteiger partial charge on any atom is -0.296 e. The average Bonchev–Trinajstić information content (AvgIpc) is 1.85. The summed E-state index contributed by atoms with van der Waals surface area (Å²) < 4.78 is 35.6. The zero-order valence-corrected chi connectivity index (χ0v) is 6.98. The highest BCUT2D eigenvalue weighted by Gasteiger charge is 2.46. The number of thiocarbonyl (C=S) groups is 1. The van der Waals surface area contributed by atoms with Crippen molar-refractivity contribution in [3.63, 3.8) is 0 Å². The first-order valence-electron chi connectivity index (χ1n) is 2.52. The quantitative estimate of drug-likeness (QED) is 0.518. The molecule has 1 atom stereocenters. The fourth-order valence-corrected chi connectivity index (χ4v) is 0.554. The SMILES string of the molecule is CC(=O)C(F)C(F)(F)C(=S)Cl. The molecular formula is C5H4ClF3OS. The third-order valence-electron chi connectivity index (χ3n) is 0.937. The minimum absolute atomic E-state index is 0.702. The van der Waals surface area contributed by atoms with Gasteiger partial charge in [0.15, 0.2) is 10.1 Å². The molecule has 6 heteroatoms. The van der Waals surface area contributed by atoms with Crippen molar-refractivity contribution in [3.8, 4) is 0 Å². The van der Waals surface area contributed by atoms with Crippen LogP contribution in [-0.4, -0.2) is 22.2 Å². The van der Waals surface area contributed by atoms with E-state index in [1.54, 1.807) is 0 Å². The van der Waals surface area contributed by atoms with E-state index < -0.39 is 22.2 Å². The van der Waals surface area contributed by atoms with Crippen LogP contribution in [0.3, 0.4) is 0 Å². The summed E-state index contributed by atoms with van der Waals surface area (Å²) in [7, 11) is 0. The summed E-state index contributed by atoms with van der Waals surface area (Å²) in [5, 5.41) is 0. The van der Waals surface area contributed by atoms with E-state index in [1.165, 1.54) is 0 Å². The van der Waals surface area contributed by atoms with Crippen molar-refractivity contribution in [1.82, 2.24) is 0 Å². The van der Waals surface area contributed by atoms with Crippen molar-refractivity contribution >= 4 is 33.9 Å². The van der Waals surface area contributed by atoms with Gasteiger partial charge in [-0.2, -0.15) is 8.78 Å². The molecule has 0 aliphatic rings. The van der Waals surface area contributed by atoms with E-state index in [0.717, 1.165) is 0 Å². The first kappa shape index (κ1) is 10.8. The van der Waals surface area contributed by atoms with Gasteiger partial charge in [0.2, 0.25) is 6.17 Å². The lowest BCUT2D eigenvalue weighted by Gasteiger charge is -2.15. The Balaban J connectivity index is 4.55. The Morgan fingerprint density at radius 3 is 2.09 bits per heavy atom. The maximum Gasteiger partial charge on any atom is 0.330 e. The molecule has 0 aliphatic heterocycles. The number of carbonyl (C=O) groups is 1. The lowest BCUT2D eigenvalue weighted by atomic mass is 10.2. The van der Waals surface area contributed by atoms with Crippen LogP contribution in [0.4, 0.5) is 13.2 Å². The molecule has 11 heavy (non-hydrogen) atoms. The van der Waals surface area contributed by atoms with Crippen molar-refractivity contribution in [2.75, 3.05) is 0 Å². The Morgan fingerprint density at radius 2 is 2.00 bits per heavy atom. The predicted octanol–water partition coefficient (Wildman–Crippen LogP) is 2.12. The summed E-state index contributed by atoms with van der Waals surface area (Å²) in [6.45, 7) is 0.702. The Bertz CT molecular complexity index is 194. The second-order valence-corrected chi connectivity index (χ2v) is 2.88. The second-order valence-electron chi connectivity index (χ2n) is 1.87. The summed E-state index contributed by atoms with van der Waals surface area (Å²) in [5.41, 5.74) is 0. The molecule has 0 spiro atoms. The number of carbonyl (C=O) groups excluding carboxylic acids is 1. The molecule has 1 unspecified atom stereocenters. The summed E-state index contributed by atoms with van der Waals surface area (Å²) in [6, 6.07) is 0. The number of alkyl halides is 3. The molecule has 0 saturated heterocycles. The average molecular weight is 205 g/mol. The fraction of sp³-hybridized carbons (Fsp3) is 0.600. The van der Waals surface area contributed by atoms with Gasteiger partial charge in [-0.25, -0.2) is 4.39 Å². The topological polar surface area (TPSA) is 17.1 Å². The molecule has 0 heterocycles. The zero-order valence-electron chi connectivity index (χ0n) is 5.41. The van der Waals surface area contributed by atoms with Crippen molar-refractivity contribution in [2.24, 2.45) is 0 Å². The lowest BCUT2D eigenvalue weighted by Crippen LogP contribution is -2.39. The van der Waals surface area contributed by atoms with Gasteiger partial charge < -0.3 is 0 Å². The highest BCUT2D eigenvalue weighted by molar-refractivity contribution is 7.83. The number of hydrogen-bond donors (Lipinski definition) is 0. The van der Waals surface area contributed by atoms with Gasteiger partial charge in [0, 0.05) is 0 Å². The van der Waals surface area contributed by atoms with Gasteiger partial charge >= 0.3 is 5.92 Å². The van der Waals surface area contributed by atoms with Gasteiger partial charge in [-0.15, -0.1) is 0 Å². The summed E-state index contributed by atoms with van der Waals surface area (Å²) in [6.07, 6.45) is -2.94. The molecule has 0 radical (unpaired) electrons. The van der Waals surface area contributed by atoms with Gasteiger partial charge in [0.1, 0.15) is 0 Å². The number of rotatable bonds is 3. The van der Waals surface area contributed by atoms with Gasteiger partial charge in [0.05, 0.1) is 0 Å². The summed E-state index contributed by atoms with van der Waals surface area (Å²) in [4.78, 5) is 10.1. The van der Waals surface area contributed by atoms with Gasteiger partial charge in [0.25, 0.3) is 0 Å². The van der Waals surface area contributed by atoms with Crippen molar-refractivity contribution < 1.29 is 18.0 Å². The van der Waals surface area contributed by atoms with Gasteiger partial charge in [-0.1, -0.05) is 23.8 Å². The van der Waals surface area contributed by atoms with Crippen LogP contribution in [-0.2, 0) is 4.79 Å².